The van der Waals surface area contributed by atoms with Crippen LogP contribution >= 0.6 is 22.7 Å². The fourth-order valence-electron chi connectivity index (χ4n) is 3.52. The number of hydrogen-bond donors (Lipinski definition) is 1. The monoisotopic (exact) mass is 471 g/mol. The Kier molecular flexibility index (Phi) is 6.16. The van der Waals surface area contributed by atoms with E-state index in [2.05, 4.69) is 20.5 Å². The number of aryl methyl sites for hydroxylation is 1. The summed E-state index contributed by atoms with van der Waals surface area (Å²) in [6.45, 7) is 7.74. The highest BCUT2D eigenvalue weighted by Crippen LogP contribution is 2.35. The standard InChI is InChI=1S/C22H22FN5O2S2/c1-5-15(18(29)25-22-27-26-19(32-22)11(2)3)28-10-24-20-17(21(28)30)16(12(4)31-20)13-6-8-14(23)9-7-13/h6-11,15H,5H2,1-4H3,(H,25,27,29). The summed E-state index contributed by atoms with van der Waals surface area (Å²) in [5.74, 6) is -0.486. The average Bonchev–Trinajstić information content (AvgIpc) is 3.35. The smallest absolute Gasteiger partial charge is 0.263 e. The molecule has 0 radical (unpaired) electrons. The summed E-state index contributed by atoms with van der Waals surface area (Å²) in [5.41, 5.74) is 1.15. The van der Waals surface area contributed by atoms with E-state index in [0.29, 0.717) is 21.8 Å². The summed E-state index contributed by atoms with van der Waals surface area (Å²) in [4.78, 5) is 32.5. The highest BCUT2D eigenvalue weighted by Gasteiger charge is 2.25. The molecule has 7 nitrogen and oxygen atoms in total. The predicted octanol–water partition coefficient (Wildman–Crippen LogP) is 5.14. The van der Waals surface area contributed by atoms with Crippen molar-refractivity contribution in [1.82, 2.24) is 19.7 Å². The molecule has 32 heavy (non-hydrogen) atoms. The quantitative estimate of drug-likeness (QED) is 0.421. The number of benzene rings is 1. The number of thiophene rings is 1. The maximum atomic E-state index is 13.5. The molecule has 1 unspecified atom stereocenters. The second-order valence-electron chi connectivity index (χ2n) is 7.69. The molecule has 0 spiro atoms. The average molecular weight is 472 g/mol. The van der Waals surface area contributed by atoms with Crippen molar-refractivity contribution in [3.8, 4) is 11.1 Å². The van der Waals surface area contributed by atoms with Crippen molar-refractivity contribution in [1.29, 1.82) is 0 Å². The normalized spacial score (nSPS) is 12.4. The van der Waals surface area contributed by atoms with E-state index in [1.807, 2.05) is 27.7 Å². The van der Waals surface area contributed by atoms with Gasteiger partial charge in [0.25, 0.3) is 5.56 Å². The van der Waals surface area contributed by atoms with Gasteiger partial charge in [0, 0.05) is 16.4 Å². The highest BCUT2D eigenvalue weighted by molar-refractivity contribution is 7.19. The number of fused-ring (bicyclic) bond motifs is 1. The fourth-order valence-corrected chi connectivity index (χ4v) is 5.27. The number of nitrogens with zero attached hydrogens (tertiary/aromatic N) is 4. The van der Waals surface area contributed by atoms with Gasteiger partial charge >= 0.3 is 0 Å². The van der Waals surface area contributed by atoms with E-state index in [4.69, 9.17) is 0 Å². The van der Waals surface area contributed by atoms with Gasteiger partial charge < -0.3 is 0 Å². The fraction of sp³-hybridized carbons (Fsp3) is 0.318. The lowest BCUT2D eigenvalue weighted by atomic mass is 10.0. The number of anilines is 1. The van der Waals surface area contributed by atoms with Crippen LogP contribution in [0.15, 0.2) is 35.4 Å². The second kappa shape index (κ2) is 8.87. The molecule has 0 fully saturated rings. The van der Waals surface area contributed by atoms with Crippen molar-refractivity contribution in [3.05, 3.63) is 56.6 Å². The zero-order chi connectivity index (χ0) is 23.0. The van der Waals surface area contributed by atoms with Gasteiger partial charge in [-0.3, -0.25) is 19.5 Å². The summed E-state index contributed by atoms with van der Waals surface area (Å²) in [6.07, 6.45) is 1.81. The van der Waals surface area contributed by atoms with Crippen molar-refractivity contribution in [2.45, 2.75) is 46.1 Å². The molecule has 4 aromatic rings. The van der Waals surface area contributed by atoms with Crippen LogP contribution < -0.4 is 10.9 Å². The molecule has 3 heterocycles. The van der Waals surface area contributed by atoms with Crippen LogP contribution in [0.5, 0.6) is 0 Å². The zero-order valence-electron chi connectivity index (χ0n) is 18.0. The van der Waals surface area contributed by atoms with Crippen LogP contribution in [0.1, 0.15) is 49.0 Å². The van der Waals surface area contributed by atoms with Crippen molar-refractivity contribution >= 4 is 43.9 Å². The SMILES string of the molecule is CCC(C(=O)Nc1nnc(C(C)C)s1)n1cnc2sc(C)c(-c3ccc(F)cc3)c2c1=O. The summed E-state index contributed by atoms with van der Waals surface area (Å²) < 4.78 is 14.8. The molecule has 3 aromatic heterocycles. The van der Waals surface area contributed by atoms with Gasteiger partial charge in [-0.2, -0.15) is 0 Å². The minimum atomic E-state index is -0.757. The van der Waals surface area contributed by atoms with Gasteiger partial charge in [-0.05, 0) is 31.0 Å². The third-order valence-corrected chi connectivity index (χ3v) is 7.29. The summed E-state index contributed by atoms with van der Waals surface area (Å²) >= 11 is 2.72. The topological polar surface area (TPSA) is 89.8 Å². The van der Waals surface area contributed by atoms with Crippen LogP contribution in [-0.4, -0.2) is 25.7 Å². The van der Waals surface area contributed by atoms with Gasteiger partial charge in [0.1, 0.15) is 21.7 Å². The molecule has 0 aliphatic heterocycles. The van der Waals surface area contributed by atoms with Crippen molar-refractivity contribution in [2.24, 2.45) is 0 Å². The molecule has 1 atom stereocenters. The minimum Gasteiger partial charge on any atom is -0.299 e. The number of carbonyl (C=O) groups excluding carboxylic acids is 1. The van der Waals surface area contributed by atoms with Gasteiger partial charge in [-0.25, -0.2) is 9.37 Å². The molecule has 1 aromatic carbocycles. The number of carbonyl (C=O) groups is 1. The Morgan fingerprint density at radius 1 is 1.19 bits per heavy atom. The van der Waals surface area contributed by atoms with Crippen molar-refractivity contribution < 1.29 is 9.18 Å². The maximum Gasteiger partial charge on any atom is 0.263 e. The summed E-state index contributed by atoms with van der Waals surface area (Å²) in [7, 11) is 0. The van der Waals surface area contributed by atoms with E-state index < -0.39 is 6.04 Å². The Bertz CT molecular complexity index is 1340. The number of aromatic nitrogens is 4. The first-order chi connectivity index (χ1) is 15.3. The van der Waals surface area contributed by atoms with Gasteiger partial charge in [0.15, 0.2) is 0 Å². The number of halogens is 1. The Morgan fingerprint density at radius 2 is 1.91 bits per heavy atom. The number of hydrogen-bond acceptors (Lipinski definition) is 7. The van der Waals surface area contributed by atoms with Gasteiger partial charge in [-0.1, -0.05) is 44.2 Å². The van der Waals surface area contributed by atoms with Crippen LogP contribution in [0.2, 0.25) is 0 Å². The van der Waals surface area contributed by atoms with Crippen LogP contribution in [0.25, 0.3) is 21.3 Å². The van der Waals surface area contributed by atoms with Crippen molar-refractivity contribution in [3.63, 3.8) is 0 Å². The van der Waals surface area contributed by atoms with E-state index in [1.54, 1.807) is 12.1 Å². The number of amides is 1. The number of nitrogens with one attached hydrogen (secondary N) is 1. The lowest BCUT2D eigenvalue weighted by Gasteiger charge is -2.16. The second-order valence-corrected chi connectivity index (χ2v) is 9.90. The Balaban J connectivity index is 1.74. The Labute approximate surface area is 192 Å². The van der Waals surface area contributed by atoms with E-state index in [1.165, 1.54) is 45.7 Å². The first-order valence-electron chi connectivity index (χ1n) is 10.2. The molecule has 0 saturated carbocycles. The molecule has 1 amide bonds. The molecule has 0 aliphatic rings. The first-order valence-corrected chi connectivity index (χ1v) is 11.8. The van der Waals surface area contributed by atoms with Gasteiger partial charge in [-0.15, -0.1) is 21.5 Å². The molecule has 1 N–H and O–H groups in total. The third kappa shape index (κ3) is 4.07. The van der Waals surface area contributed by atoms with Crippen LogP contribution in [0.3, 0.4) is 0 Å². The minimum absolute atomic E-state index is 0.209. The Hall–Kier alpha value is -2.98. The third-order valence-electron chi connectivity index (χ3n) is 5.14. The first kappa shape index (κ1) is 22.2. The van der Waals surface area contributed by atoms with Gasteiger partial charge in [0.05, 0.1) is 11.7 Å². The number of rotatable bonds is 6. The van der Waals surface area contributed by atoms with E-state index in [9.17, 15) is 14.0 Å². The van der Waals surface area contributed by atoms with Crippen LogP contribution in [-0.2, 0) is 4.79 Å². The lowest BCUT2D eigenvalue weighted by Crippen LogP contribution is -2.33. The molecule has 4 rings (SSSR count). The zero-order valence-corrected chi connectivity index (χ0v) is 19.7. The molecular weight excluding hydrogens is 449 g/mol. The molecular formula is C22H22FN5O2S2. The molecule has 166 valence electrons. The molecule has 10 heteroatoms. The molecule has 0 saturated heterocycles. The molecule has 0 bridgehead atoms. The van der Waals surface area contributed by atoms with Crippen molar-refractivity contribution in [2.75, 3.05) is 5.32 Å². The highest BCUT2D eigenvalue weighted by atomic mass is 32.1. The Morgan fingerprint density at radius 3 is 2.53 bits per heavy atom. The molecule has 0 aliphatic carbocycles. The van der Waals surface area contributed by atoms with E-state index in [-0.39, 0.29) is 23.2 Å². The van der Waals surface area contributed by atoms with Crippen LogP contribution in [0.4, 0.5) is 9.52 Å². The van der Waals surface area contributed by atoms with E-state index in [0.717, 1.165) is 21.0 Å². The predicted molar refractivity (Wildman–Crippen MR) is 126 cm³/mol. The summed E-state index contributed by atoms with van der Waals surface area (Å²) in [6, 6.07) is 5.26. The van der Waals surface area contributed by atoms with E-state index >= 15 is 0 Å². The van der Waals surface area contributed by atoms with Gasteiger partial charge in [0.2, 0.25) is 11.0 Å². The largest absolute Gasteiger partial charge is 0.299 e. The lowest BCUT2D eigenvalue weighted by molar-refractivity contribution is -0.119. The van der Waals surface area contributed by atoms with Crippen LogP contribution in [0, 0.1) is 12.7 Å². The summed E-state index contributed by atoms with van der Waals surface area (Å²) in [5, 5.41) is 12.6. The maximum absolute atomic E-state index is 13.5.